The van der Waals surface area contributed by atoms with Crippen molar-refractivity contribution in [3.8, 4) is 11.1 Å². The highest BCUT2D eigenvalue weighted by Gasteiger charge is 2.30. The molecule has 2 aliphatic rings. The van der Waals surface area contributed by atoms with Crippen LogP contribution in [-0.2, 0) is 14.3 Å². The molecule has 0 bridgehead atoms. The lowest BCUT2D eigenvalue weighted by atomic mass is 9.98. The van der Waals surface area contributed by atoms with Crippen LogP contribution in [0.1, 0.15) is 17.0 Å². The first-order chi connectivity index (χ1) is 16.4. The number of hydrogen-bond acceptors (Lipinski definition) is 6. The van der Waals surface area contributed by atoms with E-state index in [1.165, 1.54) is 0 Å². The summed E-state index contributed by atoms with van der Waals surface area (Å²) in [6, 6.07) is 16.2. The lowest BCUT2D eigenvalue weighted by Gasteiger charge is -2.25. The Balaban J connectivity index is 1.45. The third-order valence-corrected chi connectivity index (χ3v) is 6.42. The molecule has 180 valence electrons. The van der Waals surface area contributed by atoms with E-state index < -0.39 is 18.0 Å². The minimum absolute atomic E-state index is 0.0547. The quantitative estimate of drug-likeness (QED) is 0.664. The summed E-state index contributed by atoms with van der Waals surface area (Å²) in [6.07, 6.45) is -0.477. The van der Waals surface area contributed by atoms with Gasteiger partial charge in [0.15, 0.2) is 0 Å². The molecular formula is C25H29N3O6. The van der Waals surface area contributed by atoms with Gasteiger partial charge in [-0.25, -0.2) is 4.79 Å². The zero-order chi connectivity index (χ0) is 24.1. The second-order valence-corrected chi connectivity index (χ2v) is 8.63. The Morgan fingerprint density at radius 3 is 1.65 bits per heavy atom. The van der Waals surface area contributed by atoms with Gasteiger partial charge in [0.2, 0.25) is 0 Å². The van der Waals surface area contributed by atoms with E-state index in [1.54, 1.807) is 14.7 Å². The molecule has 1 heterocycles. The molecule has 4 rings (SSSR count). The van der Waals surface area contributed by atoms with Gasteiger partial charge in [-0.15, -0.1) is 0 Å². The van der Waals surface area contributed by atoms with Crippen LogP contribution >= 0.6 is 0 Å². The predicted molar refractivity (Wildman–Crippen MR) is 125 cm³/mol. The van der Waals surface area contributed by atoms with Crippen molar-refractivity contribution >= 4 is 18.0 Å². The van der Waals surface area contributed by atoms with Crippen LogP contribution in [0.4, 0.5) is 4.79 Å². The Hall–Kier alpha value is -3.43. The lowest BCUT2D eigenvalue weighted by Crippen LogP contribution is -2.41. The van der Waals surface area contributed by atoms with E-state index in [4.69, 9.17) is 4.74 Å². The molecule has 1 aliphatic carbocycles. The van der Waals surface area contributed by atoms with E-state index in [1.807, 2.05) is 24.3 Å². The standard InChI is InChI=1S/C25H29N3O6/c29-23(30)15-26-9-10-27(16-24(31)32)12-14-28(13-11-26)25(33)34-17-22-20-7-3-1-5-18(20)19-6-2-4-8-21(19)22/h1-8,22H,9-17H2,(H,29,30)(H,31,32). The molecule has 2 N–H and O–H groups in total. The van der Waals surface area contributed by atoms with Gasteiger partial charge in [0.1, 0.15) is 6.61 Å². The third kappa shape index (κ3) is 5.55. The van der Waals surface area contributed by atoms with Gasteiger partial charge in [0, 0.05) is 45.2 Å². The molecule has 1 saturated heterocycles. The number of carbonyl (C=O) groups excluding carboxylic acids is 1. The summed E-state index contributed by atoms with van der Waals surface area (Å²) in [5.74, 6) is -1.98. The largest absolute Gasteiger partial charge is 0.480 e. The third-order valence-electron chi connectivity index (χ3n) is 6.42. The van der Waals surface area contributed by atoms with E-state index in [-0.39, 0.29) is 25.6 Å². The Morgan fingerprint density at radius 1 is 0.735 bits per heavy atom. The Morgan fingerprint density at radius 2 is 1.18 bits per heavy atom. The highest BCUT2D eigenvalue weighted by atomic mass is 16.6. The highest BCUT2D eigenvalue weighted by molar-refractivity contribution is 5.79. The molecule has 0 atom stereocenters. The van der Waals surface area contributed by atoms with E-state index >= 15 is 0 Å². The Bertz CT molecular complexity index is 985. The van der Waals surface area contributed by atoms with Crippen LogP contribution in [-0.4, -0.2) is 102 Å². The number of amides is 1. The van der Waals surface area contributed by atoms with Crippen molar-refractivity contribution in [2.75, 3.05) is 59.0 Å². The van der Waals surface area contributed by atoms with Crippen molar-refractivity contribution in [1.82, 2.24) is 14.7 Å². The highest BCUT2D eigenvalue weighted by Crippen LogP contribution is 2.44. The van der Waals surface area contributed by atoms with E-state index in [0.717, 1.165) is 22.3 Å². The molecule has 9 heteroatoms. The molecule has 0 radical (unpaired) electrons. The average Bonchev–Trinajstić information content (AvgIpc) is 3.17. The molecule has 1 amide bonds. The summed E-state index contributed by atoms with van der Waals surface area (Å²) in [5.41, 5.74) is 4.55. The van der Waals surface area contributed by atoms with Gasteiger partial charge < -0.3 is 19.8 Å². The van der Waals surface area contributed by atoms with Crippen LogP contribution in [0.2, 0.25) is 0 Å². The first-order valence-corrected chi connectivity index (χ1v) is 11.4. The number of rotatable bonds is 6. The van der Waals surface area contributed by atoms with Gasteiger partial charge in [-0.1, -0.05) is 48.5 Å². The predicted octanol–water partition coefficient (Wildman–Crippen LogP) is 2.02. The number of ether oxygens (including phenoxy) is 1. The van der Waals surface area contributed by atoms with Crippen molar-refractivity contribution in [3.05, 3.63) is 59.7 Å². The van der Waals surface area contributed by atoms with Gasteiger partial charge in [0.25, 0.3) is 0 Å². The van der Waals surface area contributed by atoms with Crippen LogP contribution in [0.25, 0.3) is 11.1 Å². The molecule has 1 aliphatic heterocycles. The summed E-state index contributed by atoms with van der Waals surface area (Å²) in [4.78, 5) is 40.5. The maximum atomic E-state index is 13.0. The van der Waals surface area contributed by atoms with Gasteiger partial charge in [-0.2, -0.15) is 0 Å². The second-order valence-electron chi connectivity index (χ2n) is 8.63. The monoisotopic (exact) mass is 467 g/mol. The SMILES string of the molecule is O=C(O)CN1CCN(CC(=O)O)CCN(C(=O)OCC2c3ccccc3-c3ccccc32)CC1. The van der Waals surface area contributed by atoms with Crippen molar-refractivity contribution in [2.24, 2.45) is 0 Å². The van der Waals surface area contributed by atoms with E-state index in [9.17, 15) is 24.6 Å². The molecule has 9 nitrogen and oxygen atoms in total. The molecule has 1 fully saturated rings. The summed E-state index contributed by atoms with van der Waals surface area (Å²) in [7, 11) is 0. The number of aliphatic carboxylic acids is 2. The van der Waals surface area contributed by atoms with E-state index in [2.05, 4.69) is 24.3 Å². The molecule has 34 heavy (non-hydrogen) atoms. The van der Waals surface area contributed by atoms with Crippen LogP contribution in [0, 0.1) is 0 Å². The summed E-state index contributed by atoms with van der Waals surface area (Å²) >= 11 is 0. The van der Waals surface area contributed by atoms with Crippen LogP contribution < -0.4 is 0 Å². The van der Waals surface area contributed by atoms with Crippen LogP contribution in [0.15, 0.2) is 48.5 Å². The second kappa shape index (κ2) is 10.7. The number of benzene rings is 2. The molecule has 0 unspecified atom stereocenters. The van der Waals surface area contributed by atoms with Gasteiger partial charge in [-0.05, 0) is 22.3 Å². The minimum atomic E-state index is -0.961. The maximum absolute atomic E-state index is 13.0. The maximum Gasteiger partial charge on any atom is 0.409 e. The molecule has 2 aromatic carbocycles. The fraction of sp³-hybridized carbons (Fsp3) is 0.400. The zero-order valence-corrected chi connectivity index (χ0v) is 18.9. The topological polar surface area (TPSA) is 111 Å². The first kappa shape index (κ1) is 23.7. The molecule has 0 aromatic heterocycles. The fourth-order valence-electron chi connectivity index (χ4n) is 4.71. The zero-order valence-electron chi connectivity index (χ0n) is 18.9. The van der Waals surface area contributed by atoms with Gasteiger partial charge in [0.05, 0.1) is 13.1 Å². The van der Waals surface area contributed by atoms with Crippen LogP contribution in [0.3, 0.4) is 0 Å². The van der Waals surface area contributed by atoms with Crippen molar-refractivity contribution in [2.45, 2.75) is 5.92 Å². The number of hydrogen-bond donors (Lipinski definition) is 2. The molecule has 2 aromatic rings. The normalized spacial score (nSPS) is 17.2. The van der Waals surface area contributed by atoms with Crippen molar-refractivity contribution < 1.29 is 29.3 Å². The smallest absolute Gasteiger partial charge is 0.409 e. The average molecular weight is 468 g/mol. The van der Waals surface area contributed by atoms with Crippen LogP contribution in [0.5, 0.6) is 0 Å². The number of fused-ring (bicyclic) bond motifs is 3. The first-order valence-electron chi connectivity index (χ1n) is 11.4. The Labute approximate surface area is 198 Å². The Kier molecular flexibility index (Phi) is 7.44. The van der Waals surface area contributed by atoms with E-state index in [0.29, 0.717) is 39.3 Å². The van der Waals surface area contributed by atoms with Gasteiger partial charge in [-0.3, -0.25) is 19.4 Å². The number of carbonyl (C=O) groups is 3. The van der Waals surface area contributed by atoms with Crippen molar-refractivity contribution in [3.63, 3.8) is 0 Å². The van der Waals surface area contributed by atoms with Gasteiger partial charge >= 0.3 is 18.0 Å². The lowest BCUT2D eigenvalue weighted by molar-refractivity contribution is -0.140. The molecule has 0 saturated carbocycles. The minimum Gasteiger partial charge on any atom is -0.480 e. The number of carboxylic acids is 2. The number of carboxylic acid groups (broad SMARTS) is 2. The molecular weight excluding hydrogens is 438 g/mol. The summed E-state index contributed by atoms with van der Waals surface area (Å²) in [6.45, 7) is 2.06. The fourth-order valence-corrected chi connectivity index (χ4v) is 4.71. The number of nitrogens with zero attached hydrogens (tertiary/aromatic N) is 3. The summed E-state index contributed by atoms with van der Waals surface area (Å²) in [5, 5.41) is 18.4. The van der Waals surface area contributed by atoms with Crippen molar-refractivity contribution in [1.29, 1.82) is 0 Å². The summed E-state index contributed by atoms with van der Waals surface area (Å²) < 4.78 is 5.77. The molecule has 0 spiro atoms.